The van der Waals surface area contributed by atoms with Crippen molar-refractivity contribution in [3.63, 3.8) is 0 Å². The molecule has 0 heterocycles. The third-order valence-electron chi connectivity index (χ3n) is 3.36. The first-order valence-electron chi connectivity index (χ1n) is 7.51. The predicted molar refractivity (Wildman–Crippen MR) is 89.7 cm³/mol. The van der Waals surface area contributed by atoms with Crippen LogP contribution in [-0.4, -0.2) is 19.6 Å². The Morgan fingerprint density at radius 1 is 1.08 bits per heavy atom. The number of esters is 1. The quantitative estimate of drug-likeness (QED) is 0.200. The Balaban J connectivity index is 2.90. The lowest BCUT2D eigenvalue weighted by Crippen LogP contribution is -2.28. The molecule has 24 heavy (non-hydrogen) atoms. The average Bonchev–Trinajstić information content (AvgIpc) is 2.57. The van der Waals surface area contributed by atoms with Crippen molar-refractivity contribution in [2.45, 2.75) is 27.2 Å². The highest BCUT2D eigenvalue weighted by atomic mass is 16.7. The van der Waals surface area contributed by atoms with Crippen LogP contribution in [0, 0.1) is 5.41 Å². The molecule has 0 amide bonds. The number of carbonyl (C=O) groups excluding carboxylic acids is 1. The second-order valence-electron chi connectivity index (χ2n) is 5.43. The van der Waals surface area contributed by atoms with Gasteiger partial charge in [-0.3, -0.25) is 4.79 Å². The largest absolute Gasteiger partial charge is 0.466 e. The number of rotatable bonds is 11. The van der Waals surface area contributed by atoms with Gasteiger partial charge in [0, 0.05) is 6.07 Å². The number of ether oxygens (including phenoxy) is 5. The Morgan fingerprint density at radius 2 is 1.67 bits per heavy atom. The van der Waals surface area contributed by atoms with Crippen LogP contribution in [0.4, 0.5) is 0 Å². The van der Waals surface area contributed by atoms with Gasteiger partial charge in [-0.2, -0.15) is 0 Å². The van der Waals surface area contributed by atoms with Crippen molar-refractivity contribution in [3.8, 4) is 17.2 Å². The summed E-state index contributed by atoms with van der Waals surface area (Å²) in [6, 6.07) is 4.80. The van der Waals surface area contributed by atoms with E-state index < -0.39 is 5.41 Å². The number of hydrogen-bond donors (Lipinski definition) is 0. The summed E-state index contributed by atoms with van der Waals surface area (Å²) >= 11 is 0. The third kappa shape index (κ3) is 5.87. The molecule has 0 radical (unpaired) electrons. The van der Waals surface area contributed by atoms with Crippen LogP contribution < -0.4 is 14.2 Å². The smallest absolute Gasteiger partial charge is 0.316 e. The molecular formula is C18H24O6. The Labute approximate surface area is 142 Å². The van der Waals surface area contributed by atoms with Crippen LogP contribution in [0.2, 0.25) is 0 Å². The topological polar surface area (TPSA) is 63.2 Å². The molecule has 0 bridgehead atoms. The van der Waals surface area contributed by atoms with Crippen molar-refractivity contribution >= 4 is 5.97 Å². The van der Waals surface area contributed by atoms with Gasteiger partial charge < -0.3 is 23.7 Å². The van der Waals surface area contributed by atoms with E-state index in [1.807, 2.05) is 20.8 Å². The molecule has 0 saturated carbocycles. The first kappa shape index (κ1) is 19.4. The number of carbonyl (C=O) groups is 1. The molecule has 0 fully saturated rings. The molecule has 0 aliphatic rings. The van der Waals surface area contributed by atoms with Gasteiger partial charge in [-0.15, -0.1) is 0 Å². The zero-order valence-electron chi connectivity index (χ0n) is 14.4. The van der Waals surface area contributed by atoms with Gasteiger partial charge in [-0.1, -0.05) is 20.1 Å². The second-order valence-corrected chi connectivity index (χ2v) is 5.43. The second kappa shape index (κ2) is 9.50. The molecule has 1 aromatic carbocycles. The van der Waals surface area contributed by atoms with Crippen LogP contribution in [-0.2, 0) is 14.3 Å². The highest BCUT2D eigenvalue weighted by molar-refractivity contribution is 5.78. The zero-order chi connectivity index (χ0) is 18.0. The summed E-state index contributed by atoms with van der Waals surface area (Å²) in [5.74, 6) is 0.803. The van der Waals surface area contributed by atoms with Crippen molar-refractivity contribution < 1.29 is 28.5 Å². The minimum atomic E-state index is -0.570. The maximum absolute atomic E-state index is 12.2. The van der Waals surface area contributed by atoms with Crippen molar-refractivity contribution in [1.82, 2.24) is 0 Å². The van der Waals surface area contributed by atoms with E-state index in [1.165, 1.54) is 12.5 Å². The van der Waals surface area contributed by atoms with Crippen LogP contribution in [0.3, 0.4) is 0 Å². The number of hydrogen-bond acceptors (Lipinski definition) is 6. The monoisotopic (exact) mass is 336 g/mol. The van der Waals surface area contributed by atoms with E-state index in [0.29, 0.717) is 23.7 Å². The molecule has 0 unspecified atom stereocenters. The van der Waals surface area contributed by atoms with Crippen molar-refractivity contribution in [2.24, 2.45) is 5.41 Å². The summed E-state index contributed by atoms with van der Waals surface area (Å²) in [7, 11) is 0. The highest BCUT2D eigenvalue weighted by Crippen LogP contribution is 2.33. The Hall–Kier alpha value is -2.63. The standard InChI is InChI=1S/C18H24O6/c1-6-18(4,5)17(19)24-14-9-10-15(22-12-20-7-2)16(11-14)23-13-21-8-3/h7-11H,2-3,6,12-13H2,1,4-5H3. The lowest BCUT2D eigenvalue weighted by Gasteiger charge is -2.20. The van der Waals surface area contributed by atoms with Gasteiger partial charge in [-0.05, 0) is 32.4 Å². The minimum absolute atomic E-state index is 0.0236. The summed E-state index contributed by atoms with van der Waals surface area (Å²) in [6.07, 6.45) is 3.20. The van der Waals surface area contributed by atoms with Crippen LogP contribution in [0.15, 0.2) is 43.9 Å². The molecule has 0 atom stereocenters. The Kier molecular flexibility index (Phi) is 7.68. The molecular weight excluding hydrogens is 312 g/mol. The van der Waals surface area contributed by atoms with E-state index in [-0.39, 0.29) is 19.6 Å². The zero-order valence-corrected chi connectivity index (χ0v) is 14.4. The predicted octanol–water partition coefficient (Wildman–Crippen LogP) is 4.02. The van der Waals surface area contributed by atoms with Gasteiger partial charge in [0.2, 0.25) is 13.6 Å². The fraction of sp³-hybridized carbons (Fsp3) is 0.389. The maximum Gasteiger partial charge on any atom is 0.316 e. The van der Waals surface area contributed by atoms with Crippen LogP contribution in [0.1, 0.15) is 27.2 Å². The minimum Gasteiger partial charge on any atom is -0.466 e. The average molecular weight is 336 g/mol. The molecule has 6 heteroatoms. The summed E-state index contributed by atoms with van der Waals surface area (Å²) in [5, 5.41) is 0. The van der Waals surface area contributed by atoms with Gasteiger partial charge in [0.25, 0.3) is 0 Å². The fourth-order valence-electron chi connectivity index (χ4n) is 1.46. The van der Waals surface area contributed by atoms with Crippen molar-refractivity contribution in [2.75, 3.05) is 13.6 Å². The molecule has 0 aromatic heterocycles. The first-order valence-corrected chi connectivity index (χ1v) is 7.51. The van der Waals surface area contributed by atoms with Gasteiger partial charge in [0.1, 0.15) is 5.75 Å². The molecule has 1 rings (SSSR count). The SMILES string of the molecule is C=COCOc1ccc(OC(=O)C(C)(C)CC)cc1OCOC=C. The maximum atomic E-state index is 12.2. The van der Waals surface area contributed by atoms with E-state index in [0.717, 1.165) is 0 Å². The molecule has 0 spiro atoms. The fourth-order valence-corrected chi connectivity index (χ4v) is 1.46. The van der Waals surface area contributed by atoms with E-state index in [4.69, 9.17) is 23.7 Å². The molecule has 0 N–H and O–H groups in total. The highest BCUT2D eigenvalue weighted by Gasteiger charge is 2.27. The normalized spacial score (nSPS) is 10.5. The molecule has 1 aromatic rings. The van der Waals surface area contributed by atoms with Gasteiger partial charge in [0.15, 0.2) is 11.5 Å². The molecule has 0 saturated heterocycles. The Bertz CT molecular complexity index is 565. The summed E-state index contributed by atoms with van der Waals surface area (Å²) in [5.41, 5.74) is -0.570. The lowest BCUT2D eigenvalue weighted by atomic mass is 9.91. The van der Waals surface area contributed by atoms with E-state index in [9.17, 15) is 4.79 Å². The number of benzene rings is 1. The lowest BCUT2D eigenvalue weighted by molar-refractivity contribution is -0.144. The van der Waals surface area contributed by atoms with Crippen LogP contribution >= 0.6 is 0 Å². The van der Waals surface area contributed by atoms with Crippen LogP contribution in [0.25, 0.3) is 0 Å². The van der Waals surface area contributed by atoms with Crippen molar-refractivity contribution in [1.29, 1.82) is 0 Å². The van der Waals surface area contributed by atoms with Crippen molar-refractivity contribution in [3.05, 3.63) is 43.9 Å². The molecule has 0 aliphatic heterocycles. The van der Waals surface area contributed by atoms with Gasteiger partial charge in [0.05, 0.1) is 17.9 Å². The summed E-state index contributed by atoms with van der Waals surface area (Å²) in [4.78, 5) is 12.2. The summed E-state index contributed by atoms with van der Waals surface area (Å²) in [6.45, 7) is 12.4. The Morgan fingerprint density at radius 3 is 2.21 bits per heavy atom. The molecule has 6 nitrogen and oxygen atoms in total. The van der Waals surface area contributed by atoms with E-state index >= 15 is 0 Å². The molecule has 132 valence electrons. The van der Waals surface area contributed by atoms with E-state index in [2.05, 4.69) is 13.2 Å². The summed E-state index contributed by atoms with van der Waals surface area (Å²) < 4.78 is 26.1. The third-order valence-corrected chi connectivity index (χ3v) is 3.36. The van der Waals surface area contributed by atoms with Gasteiger partial charge >= 0.3 is 5.97 Å². The van der Waals surface area contributed by atoms with Crippen LogP contribution in [0.5, 0.6) is 17.2 Å². The molecule has 0 aliphatic carbocycles. The first-order chi connectivity index (χ1) is 11.4. The van der Waals surface area contributed by atoms with E-state index in [1.54, 1.807) is 18.2 Å². The van der Waals surface area contributed by atoms with Gasteiger partial charge in [-0.25, -0.2) is 0 Å².